The zero-order chi connectivity index (χ0) is 14.3. The van der Waals surface area contributed by atoms with E-state index in [1.54, 1.807) is 0 Å². The molecule has 0 radical (unpaired) electrons. The predicted octanol–water partition coefficient (Wildman–Crippen LogP) is 1.66. The highest BCUT2D eigenvalue weighted by Gasteiger charge is 2.37. The van der Waals surface area contributed by atoms with Gasteiger partial charge in [-0.15, -0.1) is 0 Å². The highest BCUT2D eigenvalue weighted by molar-refractivity contribution is 5.78. The van der Waals surface area contributed by atoms with Gasteiger partial charge >= 0.3 is 5.97 Å². The molecule has 1 aromatic rings. The molecule has 5 nitrogen and oxygen atoms in total. The fourth-order valence-electron chi connectivity index (χ4n) is 2.92. The topological polar surface area (TPSA) is 55.3 Å². The Morgan fingerprint density at radius 2 is 2.25 bits per heavy atom. The first-order valence-electron chi connectivity index (χ1n) is 7.34. The lowest BCUT2D eigenvalue weighted by Crippen LogP contribution is -2.42. The number of nitrogens with zero attached hydrogens (tertiary/aromatic N) is 3. The molecule has 0 unspecified atom stereocenters. The summed E-state index contributed by atoms with van der Waals surface area (Å²) < 4.78 is 5.26. The third-order valence-electron chi connectivity index (χ3n) is 4.10. The summed E-state index contributed by atoms with van der Waals surface area (Å²) >= 11 is 0. The van der Waals surface area contributed by atoms with Crippen LogP contribution in [0, 0.1) is 0 Å². The highest BCUT2D eigenvalue weighted by Crippen LogP contribution is 2.26. The molecule has 3 rings (SSSR count). The number of esters is 1. The van der Waals surface area contributed by atoms with Crippen molar-refractivity contribution >= 4 is 5.97 Å². The molecule has 0 spiro atoms. The van der Waals surface area contributed by atoms with Crippen LogP contribution < -0.4 is 0 Å². The molecule has 1 fully saturated rings. The van der Waals surface area contributed by atoms with Gasteiger partial charge in [0.25, 0.3) is 0 Å². The second-order valence-electron chi connectivity index (χ2n) is 6.07. The molecular formula is C15H21N3O2. The highest BCUT2D eigenvalue weighted by atomic mass is 16.6. The Bertz CT molecular complexity index is 530. The van der Waals surface area contributed by atoms with Crippen LogP contribution in [0.4, 0.5) is 0 Å². The molecule has 3 heterocycles. The van der Waals surface area contributed by atoms with Crippen LogP contribution in [0.1, 0.15) is 50.2 Å². The molecule has 2 aliphatic rings. The Morgan fingerprint density at radius 3 is 2.90 bits per heavy atom. The maximum absolute atomic E-state index is 11.9. The quantitative estimate of drug-likeness (QED) is 0.768. The molecule has 5 heteroatoms. The van der Waals surface area contributed by atoms with Crippen molar-refractivity contribution in [2.24, 2.45) is 0 Å². The minimum absolute atomic E-state index is 0.0329. The molecule has 2 aliphatic heterocycles. The summed E-state index contributed by atoms with van der Waals surface area (Å²) in [7, 11) is 0. The van der Waals surface area contributed by atoms with E-state index in [2.05, 4.69) is 28.7 Å². The van der Waals surface area contributed by atoms with Gasteiger partial charge in [-0.25, -0.2) is 9.97 Å². The summed E-state index contributed by atoms with van der Waals surface area (Å²) in [4.78, 5) is 23.2. The maximum Gasteiger partial charge on any atom is 0.323 e. The van der Waals surface area contributed by atoms with Crippen molar-refractivity contribution in [1.82, 2.24) is 14.9 Å². The van der Waals surface area contributed by atoms with Gasteiger partial charge in [-0.1, -0.05) is 13.8 Å². The minimum Gasteiger partial charge on any atom is -0.461 e. The second kappa shape index (κ2) is 5.13. The summed E-state index contributed by atoms with van der Waals surface area (Å²) in [6.45, 7) is 7.75. The molecule has 0 amide bonds. The van der Waals surface area contributed by atoms with Crippen LogP contribution in [0.2, 0.25) is 0 Å². The molecule has 0 N–H and O–H groups in total. The number of carbonyl (C=O) groups excluding carboxylic acids is 1. The lowest BCUT2D eigenvalue weighted by molar-refractivity contribution is -0.145. The van der Waals surface area contributed by atoms with Crippen LogP contribution in [0.25, 0.3) is 0 Å². The summed E-state index contributed by atoms with van der Waals surface area (Å²) in [6.07, 6.45) is 3.68. The second-order valence-corrected chi connectivity index (χ2v) is 6.07. The SMILES string of the molecule is CC(C)c1ncc2c(n1)CN([C@H]1C[C@H](C)OC1=O)CC2. The number of aromatic nitrogens is 2. The van der Waals surface area contributed by atoms with E-state index >= 15 is 0 Å². The Balaban J connectivity index is 1.80. The maximum atomic E-state index is 11.9. The van der Waals surface area contributed by atoms with Crippen LogP contribution in [0.15, 0.2) is 6.20 Å². The van der Waals surface area contributed by atoms with Crippen LogP contribution in [-0.4, -0.2) is 39.5 Å². The smallest absolute Gasteiger partial charge is 0.323 e. The fraction of sp³-hybridized carbons (Fsp3) is 0.667. The Morgan fingerprint density at radius 1 is 1.45 bits per heavy atom. The summed E-state index contributed by atoms with van der Waals surface area (Å²) in [6, 6.07) is -0.101. The third kappa shape index (κ3) is 2.42. The van der Waals surface area contributed by atoms with Gasteiger partial charge in [-0.05, 0) is 18.9 Å². The summed E-state index contributed by atoms with van der Waals surface area (Å²) in [5.74, 6) is 1.12. The van der Waals surface area contributed by atoms with E-state index in [0.29, 0.717) is 5.92 Å². The van der Waals surface area contributed by atoms with Crippen molar-refractivity contribution in [3.05, 3.63) is 23.3 Å². The molecule has 20 heavy (non-hydrogen) atoms. The van der Waals surface area contributed by atoms with E-state index in [0.717, 1.165) is 37.4 Å². The molecule has 1 aromatic heterocycles. The first kappa shape index (κ1) is 13.5. The third-order valence-corrected chi connectivity index (χ3v) is 4.10. The number of hydrogen-bond acceptors (Lipinski definition) is 5. The number of ether oxygens (including phenoxy) is 1. The van der Waals surface area contributed by atoms with E-state index in [4.69, 9.17) is 4.74 Å². The van der Waals surface area contributed by atoms with Crippen molar-refractivity contribution in [2.45, 2.75) is 58.2 Å². The number of cyclic esters (lactones) is 1. The zero-order valence-electron chi connectivity index (χ0n) is 12.3. The van der Waals surface area contributed by atoms with Gasteiger partial charge in [0, 0.05) is 31.6 Å². The largest absolute Gasteiger partial charge is 0.461 e. The van der Waals surface area contributed by atoms with E-state index in [1.165, 1.54) is 5.56 Å². The first-order chi connectivity index (χ1) is 9.54. The normalized spacial score (nSPS) is 26.7. The number of fused-ring (bicyclic) bond motifs is 1. The summed E-state index contributed by atoms with van der Waals surface area (Å²) in [5.41, 5.74) is 2.28. The minimum atomic E-state index is -0.101. The van der Waals surface area contributed by atoms with Gasteiger partial charge in [-0.2, -0.15) is 0 Å². The van der Waals surface area contributed by atoms with Crippen LogP contribution in [-0.2, 0) is 22.5 Å². The van der Waals surface area contributed by atoms with Crippen molar-refractivity contribution in [1.29, 1.82) is 0 Å². The van der Waals surface area contributed by atoms with E-state index in [-0.39, 0.29) is 18.1 Å². The molecule has 0 saturated carbocycles. The van der Waals surface area contributed by atoms with Gasteiger partial charge in [0.2, 0.25) is 0 Å². The lowest BCUT2D eigenvalue weighted by Gasteiger charge is -2.30. The van der Waals surface area contributed by atoms with Gasteiger partial charge in [0.05, 0.1) is 5.69 Å². The van der Waals surface area contributed by atoms with Gasteiger partial charge < -0.3 is 4.74 Å². The molecule has 2 atom stereocenters. The summed E-state index contributed by atoms with van der Waals surface area (Å²) in [5, 5.41) is 0. The van der Waals surface area contributed by atoms with Crippen molar-refractivity contribution < 1.29 is 9.53 Å². The monoisotopic (exact) mass is 275 g/mol. The molecule has 0 aromatic carbocycles. The molecule has 0 bridgehead atoms. The van der Waals surface area contributed by atoms with Crippen LogP contribution in [0.5, 0.6) is 0 Å². The van der Waals surface area contributed by atoms with E-state index in [1.807, 2.05) is 13.1 Å². The van der Waals surface area contributed by atoms with E-state index in [9.17, 15) is 4.79 Å². The lowest BCUT2D eigenvalue weighted by atomic mass is 10.0. The van der Waals surface area contributed by atoms with Gasteiger partial charge in [-0.3, -0.25) is 9.69 Å². The average molecular weight is 275 g/mol. The molecular weight excluding hydrogens is 254 g/mol. The van der Waals surface area contributed by atoms with Crippen molar-refractivity contribution in [3.63, 3.8) is 0 Å². The van der Waals surface area contributed by atoms with Crippen molar-refractivity contribution in [3.8, 4) is 0 Å². The molecule has 1 saturated heterocycles. The van der Waals surface area contributed by atoms with Crippen LogP contribution in [0.3, 0.4) is 0 Å². The Kier molecular flexibility index (Phi) is 3.46. The number of hydrogen-bond donors (Lipinski definition) is 0. The number of carbonyl (C=O) groups is 1. The Hall–Kier alpha value is -1.49. The zero-order valence-corrected chi connectivity index (χ0v) is 12.3. The number of rotatable bonds is 2. The van der Waals surface area contributed by atoms with Crippen LogP contribution >= 0.6 is 0 Å². The standard InChI is InChI=1S/C15H21N3O2/c1-9(2)14-16-7-11-4-5-18(8-12(11)17-14)13-6-10(3)20-15(13)19/h7,9-10,13H,4-6,8H2,1-3H3/t10-,13-/m0/s1. The average Bonchev–Trinajstić information content (AvgIpc) is 2.76. The molecule has 0 aliphatic carbocycles. The van der Waals surface area contributed by atoms with E-state index < -0.39 is 0 Å². The molecule has 108 valence electrons. The fourth-order valence-corrected chi connectivity index (χ4v) is 2.92. The first-order valence-corrected chi connectivity index (χ1v) is 7.34. The van der Waals surface area contributed by atoms with Crippen molar-refractivity contribution in [2.75, 3.05) is 6.54 Å². The predicted molar refractivity (Wildman–Crippen MR) is 74.2 cm³/mol. The van der Waals surface area contributed by atoms with Gasteiger partial charge in [0.1, 0.15) is 18.0 Å². The van der Waals surface area contributed by atoms with Gasteiger partial charge in [0.15, 0.2) is 0 Å². The Labute approximate surface area is 119 Å².